The minimum absolute atomic E-state index is 0.131. The van der Waals surface area contributed by atoms with E-state index in [2.05, 4.69) is 23.3 Å². The van der Waals surface area contributed by atoms with E-state index in [1.54, 1.807) is 6.20 Å². The Morgan fingerprint density at radius 1 is 1.64 bits per heavy atom. The molecule has 0 radical (unpaired) electrons. The van der Waals surface area contributed by atoms with Crippen LogP contribution in [0.3, 0.4) is 0 Å². The lowest BCUT2D eigenvalue weighted by molar-refractivity contribution is 0.346. The molecule has 1 aliphatic carbocycles. The van der Waals surface area contributed by atoms with Gasteiger partial charge in [0, 0.05) is 11.7 Å². The number of hydrogen-bond donors (Lipinski definition) is 2. The van der Waals surface area contributed by atoms with Crippen LogP contribution in [0.1, 0.15) is 30.9 Å². The molecule has 76 valence electrons. The summed E-state index contributed by atoms with van der Waals surface area (Å²) in [6.07, 6.45) is 5.08. The van der Waals surface area contributed by atoms with Crippen LogP contribution in [0.5, 0.6) is 0 Å². The van der Waals surface area contributed by atoms with E-state index in [-0.39, 0.29) is 5.54 Å². The van der Waals surface area contributed by atoms with Crippen molar-refractivity contribution in [1.29, 1.82) is 0 Å². The molecular weight excluding hydrogens is 174 g/mol. The van der Waals surface area contributed by atoms with Gasteiger partial charge in [-0.25, -0.2) is 4.98 Å². The fraction of sp³-hybridized carbons (Fsp3) is 0.545. The van der Waals surface area contributed by atoms with E-state index in [0.717, 1.165) is 19.3 Å². The lowest BCUT2D eigenvalue weighted by Gasteiger charge is -2.28. The summed E-state index contributed by atoms with van der Waals surface area (Å²) in [5.41, 5.74) is 8.58. The number of rotatable bonds is 2. The van der Waals surface area contributed by atoms with Crippen LogP contribution in [0.4, 0.5) is 5.82 Å². The molecule has 1 heterocycles. The first-order valence-corrected chi connectivity index (χ1v) is 5.16. The fourth-order valence-electron chi connectivity index (χ4n) is 2.50. The molecule has 1 aromatic rings. The number of pyridine rings is 1. The fourth-order valence-corrected chi connectivity index (χ4v) is 2.50. The summed E-state index contributed by atoms with van der Waals surface area (Å²) < 4.78 is 0. The highest BCUT2D eigenvalue weighted by atomic mass is 15.0. The van der Waals surface area contributed by atoms with E-state index in [1.807, 2.05) is 7.05 Å². The second kappa shape index (κ2) is 3.24. The number of hydrogen-bond acceptors (Lipinski definition) is 3. The van der Waals surface area contributed by atoms with Gasteiger partial charge in [-0.05, 0) is 43.5 Å². The van der Waals surface area contributed by atoms with Crippen molar-refractivity contribution >= 4 is 5.82 Å². The number of nitrogen functional groups attached to an aromatic ring is 1. The summed E-state index contributed by atoms with van der Waals surface area (Å²) in [5.74, 6) is 0.702. The Hall–Kier alpha value is -1.09. The molecular formula is C11H17N3. The molecule has 1 aromatic heterocycles. The van der Waals surface area contributed by atoms with Crippen molar-refractivity contribution in [3.8, 4) is 0 Å². The molecule has 0 fully saturated rings. The van der Waals surface area contributed by atoms with Gasteiger partial charge < -0.3 is 11.1 Å². The van der Waals surface area contributed by atoms with Gasteiger partial charge in [-0.1, -0.05) is 6.92 Å². The molecule has 3 N–H and O–H groups in total. The van der Waals surface area contributed by atoms with E-state index in [9.17, 15) is 0 Å². The van der Waals surface area contributed by atoms with Crippen molar-refractivity contribution in [2.45, 2.75) is 31.7 Å². The second-order valence-electron chi connectivity index (χ2n) is 3.91. The Kier molecular flexibility index (Phi) is 2.19. The molecule has 3 nitrogen and oxygen atoms in total. The molecule has 0 aromatic carbocycles. The average Bonchev–Trinajstić information content (AvgIpc) is 2.59. The van der Waals surface area contributed by atoms with Gasteiger partial charge in [0.05, 0.1) is 0 Å². The lowest BCUT2D eigenvalue weighted by Crippen LogP contribution is -2.37. The summed E-state index contributed by atoms with van der Waals surface area (Å²) in [7, 11) is 2.02. The standard InChI is InChI=1S/C11H17N3/c1-3-11(13-2)6-4-8-9(11)5-7-14-10(8)12/h5,7,13H,3-4,6H2,1-2H3,(H2,12,14)/t11-/m0/s1. The van der Waals surface area contributed by atoms with Crippen molar-refractivity contribution in [3.05, 3.63) is 23.4 Å². The normalized spacial score (nSPS) is 25.0. The van der Waals surface area contributed by atoms with Crippen molar-refractivity contribution in [3.63, 3.8) is 0 Å². The van der Waals surface area contributed by atoms with Crippen LogP contribution < -0.4 is 11.1 Å². The van der Waals surface area contributed by atoms with Gasteiger partial charge in [0.25, 0.3) is 0 Å². The Bertz CT molecular complexity index is 342. The molecule has 0 saturated heterocycles. The number of nitrogens with two attached hydrogens (primary N) is 1. The Labute approximate surface area is 84.7 Å². The van der Waals surface area contributed by atoms with E-state index in [0.29, 0.717) is 5.82 Å². The quantitative estimate of drug-likeness (QED) is 0.743. The predicted octanol–water partition coefficient (Wildman–Crippen LogP) is 1.43. The molecule has 0 spiro atoms. The zero-order valence-electron chi connectivity index (χ0n) is 8.80. The minimum atomic E-state index is 0.131. The van der Waals surface area contributed by atoms with Crippen LogP contribution in [-0.4, -0.2) is 12.0 Å². The zero-order chi connectivity index (χ0) is 10.2. The highest BCUT2D eigenvalue weighted by molar-refractivity contribution is 5.50. The smallest absolute Gasteiger partial charge is 0.126 e. The summed E-state index contributed by atoms with van der Waals surface area (Å²) in [4.78, 5) is 4.13. The lowest BCUT2D eigenvalue weighted by atomic mass is 9.90. The molecule has 0 bridgehead atoms. The van der Waals surface area contributed by atoms with Crippen LogP contribution in [0.2, 0.25) is 0 Å². The highest BCUT2D eigenvalue weighted by Gasteiger charge is 2.36. The van der Waals surface area contributed by atoms with E-state index >= 15 is 0 Å². The summed E-state index contributed by atoms with van der Waals surface area (Å²) >= 11 is 0. The topological polar surface area (TPSA) is 50.9 Å². The van der Waals surface area contributed by atoms with Gasteiger partial charge in [0.2, 0.25) is 0 Å². The largest absolute Gasteiger partial charge is 0.383 e. The van der Waals surface area contributed by atoms with Crippen LogP contribution in [0, 0.1) is 0 Å². The van der Waals surface area contributed by atoms with Crippen LogP contribution in [0.15, 0.2) is 12.3 Å². The van der Waals surface area contributed by atoms with Gasteiger partial charge in [0.15, 0.2) is 0 Å². The van der Waals surface area contributed by atoms with Crippen molar-refractivity contribution < 1.29 is 0 Å². The molecule has 14 heavy (non-hydrogen) atoms. The second-order valence-corrected chi connectivity index (χ2v) is 3.91. The van der Waals surface area contributed by atoms with Crippen molar-refractivity contribution in [2.24, 2.45) is 0 Å². The summed E-state index contributed by atoms with van der Waals surface area (Å²) in [6, 6.07) is 2.10. The third-order valence-corrected chi connectivity index (χ3v) is 3.49. The molecule has 1 atom stereocenters. The Morgan fingerprint density at radius 3 is 3.07 bits per heavy atom. The number of aromatic nitrogens is 1. The monoisotopic (exact) mass is 191 g/mol. The van der Waals surface area contributed by atoms with Gasteiger partial charge in [-0.15, -0.1) is 0 Å². The average molecular weight is 191 g/mol. The summed E-state index contributed by atoms with van der Waals surface area (Å²) in [5, 5.41) is 3.43. The SMILES string of the molecule is CC[C@]1(NC)CCc2c1ccnc2N. The minimum Gasteiger partial charge on any atom is -0.383 e. The number of fused-ring (bicyclic) bond motifs is 1. The zero-order valence-corrected chi connectivity index (χ0v) is 8.80. The molecule has 0 saturated carbocycles. The van der Waals surface area contributed by atoms with E-state index < -0.39 is 0 Å². The molecule has 0 amide bonds. The number of nitrogens with zero attached hydrogens (tertiary/aromatic N) is 1. The van der Waals surface area contributed by atoms with Gasteiger partial charge in [-0.3, -0.25) is 0 Å². The van der Waals surface area contributed by atoms with E-state index in [1.165, 1.54) is 11.1 Å². The first-order valence-electron chi connectivity index (χ1n) is 5.16. The first kappa shape index (κ1) is 9.46. The molecule has 0 aliphatic heterocycles. The van der Waals surface area contributed by atoms with Crippen molar-refractivity contribution in [2.75, 3.05) is 12.8 Å². The molecule has 3 heteroatoms. The Morgan fingerprint density at radius 2 is 2.43 bits per heavy atom. The molecule has 0 unspecified atom stereocenters. The third kappa shape index (κ3) is 1.12. The maximum Gasteiger partial charge on any atom is 0.126 e. The predicted molar refractivity (Wildman–Crippen MR) is 58.0 cm³/mol. The van der Waals surface area contributed by atoms with Crippen LogP contribution in [0.25, 0.3) is 0 Å². The van der Waals surface area contributed by atoms with Crippen LogP contribution >= 0.6 is 0 Å². The highest BCUT2D eigenvalue weighted by Crippen LogP contribution is 2.40. The number of anilines is 1. The Balaban J connectivity index is 2.53. The molecule has 1 aliphatic rings. The maximum atomic E-state index is 5.86. The van der Waals surface area contributed by atoms with Gasteiger partial charge in [0.1, 0.15) is 5.82 Å². The van der Waals surface area contributed by atoms with Crippen molar-refractivity contribution in [1.82, 2.24) is 10.3 Å². The maximum absolute atomic E-state index is 5.86. The van der Waals surface area contributed by atoms with Crippen LogP contribution in [-0.2, 0) is 12.0 Å². The van der Waals surface area contributed by atoms with E-state index in [4.69, 9.17) is 5.73 Å². The van der Waals surface area contributed by atoms with Gasteiger partial charge >= 0.3 is 0 Å². The van der Waals surface area contributed by atoms with Gasteiger partial charge in [-0.2, -0.15) is 0 Å². The summed E-state index contributed by atoms with van der Waals surface area (Å²) in [6.45, 7) is 2.21. The number of nitrogens with one attached hydrogen (secondary N) is 1. The third-order valence-electron chi connectivity index (χ3n) is 3.49. The first-order chi connectivity index (χ1) is 6.73. The molecule has 2 rings (SSSR count).